The molecule has 0 aromatic rings. The Balaban J connectivity index is 1.41. The Morgan fingerprint density at radius 2 is 1.79 bits per heavy atom. The summed E-state index contributed by atoms with van der Waals surface area (Å²) in [6.07, 6.45) is 7.24. The molecule has 24 heavy (non-hydrogen) atoms. The largest absolute Gasteiger partial charge is 0.379 e. The Morgan fingerprint density at radius 1 is 1.08 bits per heavy atom. The molecule has 2 spiro atoms. The summed E-state index contributed by atoms with van der Waals surface area (Å²) in [5, 5.41) is 17.4. The molecule has 0 bridgehead atoms. The number of carbonyl (C=O) groups excluding carboxylic acids is 2. The van der Waals surface area contributed by atoms with Crippen LogP contribution in [0.15, 0.2) is 0 Å². The number of rotatable bonds is 1. The van der Waals surface area contributed by atoms with Crippen LogP contribution in [0.3, 0.4) is 0 Å². The molecule has 7 heteroatoms. The van der Waals surface area contributed by atoms with Crippen molar-refractivity contribution in [3.8, 4) is 0 Å². The highest BCUT2D eigenvalue weighted by Gasteiger charge is 2.55. The van der Waals surface area contributed by atoms with E-state index in [1.807, 2.05) is 0 Å². The molecule has 1 aliphatic carbocycles. The van der Waals surface area contributed by atoms with Crippen molar-refractivity contribution in [2.45, 2.75) is 68.2 Å². The Kier molecular flexibility index (Phi) is 4.09. The number of amides is 2. The normalized spacial score (nSPS) is 34.7. The van der Waals surface area contributed by atoms with E-state index in [9.17, 15) is 14.7 Å². The van der Waals surface area contributed by atoms with Crippen molar-refractivity contribution in [2.24, 2.45) is 0 Å². The van der Waals surface area contributed by atoms with Crippen LogP contribution in [0, 0.1) is 0 Å². The molecule has 1 saturated carbocycles. The van der Waals surface area contributed by atoms with Crippen molar-refractivity contribution < 1.29 is 14.7 Å². The first-order valence-electron chi connectivity index (χ1n) is 9.19. The summed E-state index contributed by atoms with van der Waals surface area (Å²) in [7, 11) is 0. The predicted molar refractivity (Wildman–Crippen MR) is 92.5 cm³/mol. The number of nitrogens with one attached hydrogen (secondary N) is 2. The molecule has 0 radical (unpaired) electrons. The molecule has 0 aromatic heterocycles. The van der Waals surface area contributed by atoms with Crippen molar-refractivity contribution in [1.82, 2.24) is 15.5 Å². The predicted octanol–water partition coefficient (Wildman–Crippen LogP) is 0.595. The molecular weight excluding hydrogens is 326 g/mol. The number of carbonyl (C=O) groups is 2. The third kappa shape index (κ3) is 2.65. The van der Waals surface area contributed by atoms with Crippen LogP contribution in [-0.2, 0) is 9.59 Å². The van der Waals surface area contributed by atoms with Crippen LogP contribution in [0.2, 0.25) is 0 Å². The fourth-order valence-corrected chi connectivity index (χ4v) is 5.98. The molecule has 3 aliphatic heterocycles. The first-order valence-corrected chi connectivity index (χ1v) is 10.3. The van der Waals surface area contributed by atoms with Crippen molar-refractivity contribution in [2.75, 3.05) is 24.6 Å². The molecule has 134 valence electrons. The molecule has 1 atom stereocenters. The molecule has 3 heterocycles. The SMILES string of the molecule is O=C(N1CCC2(CC1)NC(=O)C1(CCCCC1)N2)C1(O)CCSC1. The van der Waals surface area contributed by atoms with Gasteiger partial charge in [0.2, 0.25) is 5.91 Å². The zero-order valence-corrected chi connectivity index (χ0v) is 14.9. The molecule has 4 aliphatic rings. The van der Waals surface area contributed by atoms with E-state index < -0.39 is 5.60 Å². The number of hydrogen-bond acceptors (Lipinski definition) is 5. The molecule has 3 saturated heterocycles. The number of hydrogen-bond donors (Lipinski definition) is 3. The topological polar surface area (TPSA) is 81.7 Å². The minimum absolute atomic E-state index is 0.126. The molecule has 4 rings (SSSR count). The van der Waals surface area contributed by atoms with Crippen LogP contribution in [-0.4, -0.2) is 63.2 Å². The molecule has 6 nitrogen and oxygen atoms in total. The van der Waals surface area contributed by atoms with Crippen LogP contribution in [0.5, 0.6) is 0 Å². The van der Waals surface area contributed by atoms with Crippen LogP contribution in [0.4, 0.5) is 0 Å². The summed E-state index contributed by atoms with van der Waals surface area (Å²) >= 11 is 1.64. The molecule has 3 N–H and O–H groups in total. The van der Waals surface area contributed by atoms with Gasteiger partial charge in [-0.3, -0.25) is 14.9 Å². The maximum absolute atomic E-state index is 12.6. The number of aliphatic hydroxyl groups is 1. The highest BCUT2D eigenvalue weighted by Crippen LogP contribution is 2.38. The number of piperidine rings is 1. The van der Waals surface area contributed by atoms with Gasteiger partial charge < -0.3 is 15.3 Å². The lowest BCUT2D eigenvalue weighted by molar-refractivity contribution is -0.150. The fraction of sp³-hybridized carbons (Fsp3) is 0.882. The van der Waals surface area contributed by atoms with Crippen molar-refractivity contribution in [1.29, 1.82) is 0 Å². The summed E-state index contributed by atoms with van der Waals surface area (Å²) < 4.78 is 0. The van der Waals surface area contributed by atoms with E-state index in [1.54, 1.807) is 16.7 Å². The van der Waals surface area contributed by atoms with Gasteiger partial charge in [0.1, 0.15) is 0 Å². The number of thioether (sulfide) groups is 1. The van der Waals surface area contributed by atoms with Crippen molar-refractivity contribution in [3.63, 3.8) is 0 Å². The molecular formula is C17H27N3O3S. The van der Waals surface area contributed by atoms with Gasteiger partial charge >= 0.3 is 0 Å². The van der Waals surface area contributed by atoms with Gasteiger partial charge in [-0.2, -0.15) is 11.8 Å². The standard InChI is InChI=1S/C17H27N3O3S/c21-13-15(4-2-1-3-5-15)19-17(18-13)6-9-20(10-7-17)14(22)16(23)8-11-24-12-16/h19,23H,1-12H2,(H,18,21). The highest BCUT2D eigenvalue weighted by molar-refractivity contribution is 7.99. The van der Waals surface area contributed by atoms with Gasteiger partial charge in [-0.15, -0.1) is 0 Å². The summed E-state index contributed by atoms with van der Waals surface area (Å²) in [4.78, 5) is 27.0. The maximum Gasteiger partial charge on any atom is 0.255 e. The van der Waals surface area contributed by atoms with Gasteiger partial charge in [-0.25, -0.2) is 0 Å². The quantitative estimate of drug-likeness (QED) is 0.643. The summed E-state index contributed by atoms with van der Waals surface area (Å²) in [6, 6.07) is 0. The van der Waals surface area contributed by atoms with Crippen molar-refractivity contribution in [3.05, 3.63) is 0 Å². The average Bonchev–Trinajstić information content (AvgIpc) is 3.12. The third-order valence-corrected chi connectivity index (χ3v) is 7.45. The van der Waals surface area contributed by atoms with Gasteiger partial charge in [0.15, 0.2) is 5.60 Å². The van der Waals surface area contributed by atoms with Gasteiger partial charge in [0, 0.05) is 31.7 Å². The lowest BCUT2D eigenvalue weighted by Crippen LogP contribution is -2.62. The van der Waals surface area contributed by atoms with Gasteiger partial charge in [0.05, 0.1) is 11.2 Å². The molecule has 4 fully saturated rings. The zero-order chi connectivity index (χ0) is 16.8. The second-order valence-corrected chi connectivity index (χ2v) is 9.04. The summed E-state index contributed by atoms with van der Waals surface area (Å²) in [6.45, 7) is 1.18. The summed E-state index contributed by atoms with van der Waals surface area (Å²) in [5.74, 6) is 1.37. The van der Waals surface area contributed by atoms with Crippen LogP contribution in [0.25, 0.3) is 0 Å². The minimum atomic E-state index is -1.17. The second kappa shape index (κ2) is 5.88. The van der Waals surface area contributed by atoms with E-state index in [2.05, 4.69) is 10.6 Å². The van der Waals surface area contributed by atoms with Gasteiger partial charge in [-0.05, 0) is 25.0 Å². The number of likely N-dealkylation sites (tertiary alicyclic amines) is 1. The van der Waals surface area contributed by atoms with E-state index in [0.717, 1.165) is 44.3 Å². The Bertz CT molecular complexity index is 533. The van der Waals surface area contributed by atoms with E-state index >= 15 is 0 Å². The minimum Gasteiger partial charge on any atom is -0.379 e. The van der Waals surface area contributed by atoms with Crippen LogP contribution < -0.4 is 10.6 Å². The molecule has 2 amide bonds. The average molecular weight is 353 g/mol. The highest BCUT2D eigenvalue weighted by atomic mass is 32.2. The first-order chi connectivity index (χ1) is 11.5. The Hall–Kier alpha value is -0.790. The molecule has 1 unspecified atom stereocenters. The van der Waals surface area contributed by atoms with E-state index in [4.69, 9.17) is 0 Å². The van der Waals surface area contributed by atoms with Crippen LogP contribution >= 0.6 is 11.8 Å². The maximum atomic E-state index is 12.6. The fourth-order valence-electron chi connectivity index (χ4n) is 4.75. The van der Waals surface area contributed by atoms with E-state index in [1.165, 1.54) is 6.42 Å². The Labute approximate surface area is 147 Å². The van der Waals surface area contributed by atoms with Gasteiger partial charge in [-0.1, -0.05) is 19.3 Å². The second-order valence-electron chi connectivity index (χ2n) is 7.93. The monoisotopic (exact) mass is 353 g/mol. The summed E-state index contributed by atoms with van der Waals surface area (Å²) in [5.41, 5.74) is -1.92. The number of nitrogens with zero attached hydrogens (tertiary/aromatic N) is 1. The van der Waals surface area contributed by atoms with E-state index in [-0.39, 0.29) is 23.0 Å². The third-order valence-electron chi connectivity index (χ3n) is 6.28. The Morgan fingerprint density at radius 3 is 2.42 bits per heavy atom. The van der Waals surface area contributed by atoms with E-state index in [0.29, 0.717) is 25.3 Å². The smallest absolute Gasteiger partial charge is 0.255 e. The first kappa shape index (κ1) is 16.7. The molecule has 0 aromatic carbocycles. The van der Waals surface area contributed by atoms with Crippen molar-refractivity contribution >= 4 is 23.6 Å². The lowest BCUT2D eigenvalue weighted by atomic mass is 9.81. The zero-order valence-electron chi connectivity index (χ0n) is 14.1. The lowest BCUT2D eigenvalue weighted by Gasteiger charge is -2.42. The van der Waals surface area contributed by atoms with Gasteiger partial charge in [0.25, 0.3) is 5.91 Å². The van der Waals surface area contributed by atoms with Crippen LogP contribution in [0.1, 0.15) is 51.4 Å².